The van der Waals surface area contributed by atoms with Crippen LogP contribution in [0.4, 0.5) is 11.6 Å². The third kappa shape index (κ3) is 3.05. The van der Waals surface area contributed by atoms with Gasteiger partial charge in [0.2, 0.25) is 5.95 Å². The van der Waals surface area contributed by atoms with Crippen molar-refractivity contribution in [1.82, 2.24) is 19.7 Å². The minimum atomic E-state index is -0.388. The first-order valence-corrected chi connectivity index (χ1v) is 9.00. The van der Waals surface area contributed by atoms with Crippen LogP contribution in [0, 0.1) is 0 Å². The average Bonchev–Trinajstić information content (AvgIpc) is 3.02. The van der Waals surface area contributed by atoms with Crippen molar-refractivity contribution in [1.29, 1.82) is 0 Å². The molecule has 0 amide bonds. The summed E-state index contributed by atoms with van der Waals surface area (Å²) >= 11 is 0. The van der Waals surface area contributed by atoms with E-state index in [1.807, 2.05) is 43.6 Å². The van der Waals surface area contributed by atoms with Crippen molar-refractivity contribution in [3.8, 4) is 11.4 Å². The van der Waals surface area contributed by atoms with E-state index in [0.29, 0.717) is 18.2 Å². The van der Waals surface area contributed by atoms with Gasteiger partial charge in [0.25, 0.3) is 0 Å². The number of esters is 1. The number of para-hydroxylation sites is 1. The van der Waals surface area contributed by atoms with Crippen LogP contribution in [0.25, 0.3) is 11.4 Å². The molecule has 1 N–H and O–H groups in total. The lowest BCUT2D eigenvalue weighted by Gasteiger charge is -2.22. The standard InChI is InChI=1S/C20H21N5O2/c1-4-27-19(26)17-15-12(2)10-13-11-21-20(22-14-8-6-5-7-9-14)23-16(13)18(15)25(3)24-17/h5-9,11-12H,4,10H2,1-3H3,(H,21,22,23). The van der Waals surface area contributed by atoms with E-state index in [9.17, 15) is 4.79 Å². The highest BCUT2D eigenvalue weighted by Crippen LogP contribution is 2.40. The number of carbonyl (C=O) groups excluding carboxylic acids is 1. The lowest BCUT2D eigenvalue weighted by molar-refractivity contribution is 0.0517. The zero-order valence-electron chi connectivity index (χ0n) is 15.6. The molecule has 0 fully saturated rings. The second-order valence-corrected chi connectivity index (χ2v) is 6.62. The molecule has 1 aliphatic rings. The molecule has 0 spiro atoms. The monoisotopic (exact) mass is 363 g/mol. The number of hydrogen-bond donors (Lipinski definition) is 1. The molecule has 1 unspecified atom stereocenters. The Balaban J connectivity index is 1.78. The second kappa shape index (κ2) is 6.83. The van der Waals surface area contributed by atoms with E-state index in [2.05, 4.69) is 22.3 Å². The molecular weight excluding hydrogens is 342 g/mol. The minimum absolute atomic E-state index is 0.136. The molecule has 0 saturated heterocycles. The fraction of sp³-hybridized carbons (Fsp3) is 0.300. The number of fused-ring (bicyclic) bond motifs is 3. The maximum Gasteiger partial charge on any atom is 0.359 e. The summed E-state index contributed by atoms with van der Waals surface area (Å²) in [5, 5.41) is 7.66. The number of ether oxygens (including phenoxy) is 1. The first kappa shape index (κ1) is 17.2. The van der Waals surface area contributed by atoms with Crippen LogP contribution in [0.2, 0.25) is 0 Å². The number of carbonyl (C=O) groups is 1. The highest BCUT2D eigenvalue weighted by Gasteiger charge is 2.33. The molecule has 1 aliphatic carbocycles. The van der Waals surface area contributed by atoms with E-state index < -0.39 is 0 Å². The number of nitrogens with zero attached hydrogens (tertiary/aromatic N) is 4. The van der Waals surface area contributed by atoms with Crippen molar-refractivity contribution in [3.05, 3.63) is 53.3 Å². The van der Waals surface area contributed by atoms with Crippen molar-refractivity contribution in [2.24, 2.45) is 7.05 Å². The molecule has 7 heteroatoms. The van der Waals surface area contributed by atoms with Gasteiger partial charge in [-0.3, -0.25) is 4.68 Å². The summed E-state index contributed by atoms with van der Waals surface area (Å²) in [5.74, 6) is 0.262. The summed E-state index contributed by atoms with van der Waals surface area (Å²) in [6.07, 6.45) is 2.61. The quantitative estimate of drug-likeness (QED) is 0.715. The Morgan fingerprint density at radius 1 is 1.33 bits per heavy atom. The van der Waals surface area contributed by atoms with Crippen molar-refractivity contribution in [2.75, 3.05) is 11.9 Å². The van der Waals surface area contributed by atoms with Crippen LogP contribution in [0.15, 0.2) is 36.5 Å². The summed E-state index contributed by atoms with van der Waals surface area (Å²) in [4.78, 5) is 21.5. The largest absolute Gasteiger partial charge is 0.461 e. The fourth-order valence-corrected chi connectivity index (χ4v) is 3.54. The summed E-state index contributed by atoms with van der Waals surface area (Å²) in [6.45, 7) is 4.20. The van der Waals surface area contributed by atoms with Gasteiger partial charge in [-0.25, -0.2) is 14.8 Å². The van der Waals surface area contributed by atoms with E-state index in [0.717, 1.165) is 34.6 Å². The van der Waals surface area contributed by atoms with Gasteiger partial charge < -0.3 is 10.1 Å². The Labute approximate surface area is 157 Å². The molecule has 7 nitrogen and oxygen atoms in total. The lowest BCUT2D eigenvalue weighted by Crippen LogP contribution is -2.15. The topological polar surface area (TPSA) is 81.9 Å². The highest BCUT2D eigenvalue weighted by molar-refractivity contribution is 5.92. The molecule has 27 heavy (non-hydrogen) atoms. The van der Waals surface area contributed by atoms with Crippen molar-refractivity contribution >= 4 is 17.6 Å². The molecule has 0 radical (unpaired) electrons. The lowest BCUT2D eigenvalue weighted by atomic mass is 9.85. The number of aromatic nitrogens is 4. The first-order valence-electron chi connectivity index (χ1n) is 9.00. The Hall–Kier alpha value is -3.22. The van der Waals surface area contributed by atoms with E-state index >= 15 is 0 Å². The van der Waals surface area contributed by atoms with Crippen LogP contribution in [-0.2, 0) is 18.2 Å². The molecule has 1 aromatic carbocycles. The van der Waals surface area contributed by atoms with Crippen LogP contribution >= 0.6 is 0 Å². The molecule has 2 heterocycles. The zero-order valence-corrected chi connectivity index (χ0v) is 15.6. The van der Waals surface area contributed by atoms with Crippen LogP contribution in [0.5, 0.6) is 0 Å². The SMILES string of the molecule is CCOC(=O)c1nn(C)c2c1C(C)Cc1cnc(Nc3ccccc3)nc1-2. The number of nitrogens with one attached hydrogen (secondary N) is 1. The minimum Gasteiger partial charge on any atom is -0.461 e. The third-order valence-corrected chi connectivity index (χ3v) is 4.69. The molecule has 4 rings (SSSR count). The van der Waals surface area contributed by atoms with Crippen LogP contribution in [0.1, 0.15) is 41.4 Å². The maximum absolute atomic E-state index is 12.4. The normalized spacial score (nSPS) is 15.0. The van der Waals surface area contributed by atoms with Crippen molar-refractivity contribution < 1.29 is 9.53 Å². The van der Waals surface area contributed by atoms with Gasteiger partial charge in [0.1, 0.15) is 0 Å². The Morgan fingerprint density at radius 3 is 2.85 bits per heavy atom. The van der Waals surface area contributed by atoms with Crippen molar-refractivity contribution in [3.63, 3.8) is 0 Å². The Morgan fingerprint density at radius 2 is 2.11 bits per heavy atom. The number of hydrogen-bond acceptors (Lipinski definition) is 6. The molecule has 1 atom stereocenters. The van der Waals surface area contributed by atoms with Gasteiger partial charge in [-0.1, -0.05) is 25.1 Å². The second-order valence-electron chi connectivity index (χ2n) is 6.62. The first-order chi connectivity index (χ1) is 13.1. The highest BCUT2D eigenvalue weighted by atomic mass is 16.5. The molecule has 3 aromatic rings. The van der Waals surface area contributed by atoms with Gasteiger partial charge in [0, 0.05) is 24.5 Å². The number of anilines is 2. The zero-order chi connectivity index (χ0) is 19.0. The van der Waals surface area contributed by atoms with Crippen LogP contribution in [-0.4, -0.2) is 32.3 Å². The van der Waals surface area contributed by atoms with Gasteiger partial charge in [-0.05, 0) is 37.0 Å². The third-order valence-electron chi connectivity index (χ3n) is 4.69. The van der Waals surface area contributed by atoms with Gasteiger partial charge in [-0.2, -0.15) is 5.10 Å². The van der Waals surface area contributed by atoms with Gasteiger partial charge in [0.05, 0.1) is 18.0 Å². The fourth-order valence-electron chi connectivity index (χ4n) is 3.54. The predicted molar refractivity (Wildman–Crippen MR) is 102 cm³/mol. The Kier molecular flexibility index (Phi) is 4.35. The van der Waals surface area contributed by atoms with Gasteiger partial charge in [0.15, 0.2) is 5.69 Å². The van der Waals surface area contributed by atoms with Crippen LogP contribution < -0.4 is 5.32 Å². The molecular formula is C20H21N5O2. The van der Waals surface area contributed by atoms with E-state index in [1.54, 1.807) is 11.6 Å². The summed E-state index contributed by atoms with van der Waals surface area (Å²) in [7, 11) is 1.83. The summed E-state index contributed by atoms with van der Waals surface area (Å²) in [5.41, 5.74) is 4.90. The summed E-state index contributed by atoms with van der Waals surface area (Å²) < 4.78 is 6.90. The van der Waals surface area contributed by atoms with Crippen LogP contribution in [0.3, 0.4) is 0 Å². The molecule has 0 saturated carbocycles. The van der Waals surface area contributed by atoms with Gasteiger partial charge in [-0.15, -0.1) is 0 Å². The van der Waals surface area contributed by atoms with Gasteiger partial charge >= 0.3 is 5.97 Å². The molecule has 2 aromatic heterocycles. The predicted octanol–water partition coefficient (Wildman–Crippen LogP) is 3.46. The smallest absolute Gasteiger partial charge is 0.359 e. The number of aryl methyl sites for hydroxylation is 1. The van der Waals surface area contributed by atoms with E-state index in [4.69, 9.17) is 9.72 Å². The number of rotatable bonds is 4. The average molecular weight is 363 g/mol. The van der Waals surface area contributed by atoms with E-state index in [-0.39, 0.29) is 11.9 Å². The van der Waals surface area contributed by atoms with Crippen molar-refractivity contribution in [2.45, 2.75) is 26.2 Å². The van der Waals surface area contributed by atoms with E-state index in [1.165, 1.54) is 0 Å². The molecule has 0 bridgehead atoms. The number of benzene rings is 1. The molecule has 138 valence electrons. The maximum atomic E-state index is 12.4. The summed E-state index contributed by atoms with van der Waals surface area (Å²) in [6, 6.07) is 9.78. The Bertz CT molecular complexity index is 997. The molecule has 0 aliphatic heterocycles.